The van der Waals surface area contributed by atoms with Gasteiger partial charge in [-0.3, -0.25) is 0 Å². The summed E-state index contributed by atoms with van der Waals surface area (Å²) in [5.41, 5.74) is 15.5. The van der Waals surface area contributed by atoms with Crippen molar-refractivity contribution in [3.05, 3.63) is 152 Å². The number of para-hydroxylation sites is 3. The summed E-state index contributed by atoms with van der Waals surface area (Å²) in [6, 6.07) is 55.1. The van der Waals surface area contributed by atoms with Gasteiger partial charge in [0.2, 0.25) is 0 Å². The molecule has 0 radical (unpaired) electrons. The molecule has 0 saturated heterocycles. The van der Waals surface area contributed by atoms with E-state index in [1.54, 1.807) is 0 Å². The molecule has 0 atom stereocenters. The Labute approximate surface area is 265 Å². The fraction of sp³-hybridized carbons (Fsp3) is 0. The Balaban J connectivity index is 1.31. The second kappa shape index (κ2) is 8.80. The smallest absolute Gasteiger partial charge is 0.329 e. The van der Waals surface area contributed by atoms with E-state index in [1.807, 2.05) is 0 Å². The van der Waals surface area contributed by atoms with Crippen LogP contribution in [0.2, 0.25) is 0 Å². The number of fused-ring (bicyclic) bond motifs is 18. The van der Waals surface area contributed by atoms with E-state index >= 15 is 0 Å². The van der Waals surface area contributed by atoms with Crippen LogP contribution >= 0.6 is 0 Å². The highest BCUT2D eigenvalue weighted by Gasteiger charge is 2.43. The first kappa shape index (κ1) is 24.3. The highest BCUT2D eigenvalue weighted by Crippen LogP contribution is 2.51. The van der Waals surface area contributed by atoms with Gasteiger partial charge in [-0.15, -0.1) is 0 Å². The molecule has 0 amide bonds. The molecule has 11 rings (SSSR count). The van der Waals surface area contributed by atoms with E-state index in [4.69, 9.17) is 4.42 Å². The van der Waals surface area contributed by atoms with Crippen molar-refractivity contribution in [2.24, 2.45) is 0 Å². The third-order valence-electron chi connectivity index (χ3n) is 10.2. The molecular weight excluding hydrogens is 559 g/mol. The predicted molar refractivity (Wildman–Crippen MR) is 193 cm³/mol. The second-order valence-corrected chi connectivity index (χ2v) is 12.5. The molecule has 0 unspecified atom stereocenters. The normalized spacial score (nSPS) is 13.1. The summed E-state index contributed by atoms with van der Waals surface area (Å²) in [6.45, 7) is 0.0462. The van der Waals surface area contributed by atoms with Crippen LogP contribution in [0, 0.1) is 0 Å². The van der Waals surface area contributed by atoms with Crippen LogP contribution in [0.5, 0.6) is 0 Å². The number of rotatable bonds is 1. The first-order chi connectivity index (χ1) is 22.8. The van der Waals surface area contributed by atoms with Gasteiger partial charge in [0.1, 0.15) is 11.2 Å². The fourth-order valence-corrected chi connectivity index (χ4v) is 8.34. The average molecular weight is 584 g/mol. The van der Waals surface area contributed by atoms with Crippen LogP contribution in [0.25, 0.3) is 71.7 Å². The summed E-state index contributed by atoms with van der Waals surface area (Å²) in [4.78, 5) is 2.59. The number of benzene rings is 7. The molecule has 7 aromatic carbocycles. The lowest BCUT2D eigenvalue weighted by Crippen LogP contribution is -2.59. The Morgan fingerprint density at radius 1 is 0.457 bits per heavy atom. The number of nitrogens with zero attached hydrogens (tertiary/aromatic N) is 2. The van der Waals surface area contributed by atoms with Crippen molar-refractivity contribution in [3.63, 3.8) is 0 Å². The molecule has 0 bridgehead atoms. The van der Waals surface area contributed by atoms with Gasteiger partial charge in [0, 0.05) is 44.3 Å². The quantitative estimate of drug-likeness (QED) is 0.179. The van der Waals surface area contributed by atoms with Crippen molar-refractivity contribution in [3.8, 4) is 27.9 Å². The van der Waals surface area contributed by atoms with Crippen LogP contribution in [-0.4, -0.2) is 11.4 Å². The summed E-state index contributed by atoms with van der Waals surface area (Å²) in [5, 5.41) is 4.71. The van der Waals surface area contributed by atoms with Gasteiger partial charge in [-0.25, -0.2) is 0 Å². The molecule has 9 aromatic rings. The topological polar surface area (TPSA) is 21.3 Å². The lowest BCUT2D eigenvalue weighted by Gasteiger charge is -2.43. The van der Waals surface area contributed by atoms with E-state index in [9.17, 15) is 0 Å². The summed E-state index contributed by atoms with van der Waals surface area (Å²) in [5.74, 6) is 0. The standard InChI is InChI=1S/C42H25BN2O/c1-2-12-26(13-3-1)44-36-20-10-6-17-30(36)32-25-40-33(24-38(32)44)41-39(46-40)23-22-31-28-15-5-9-19-35(28)43-34-18-8-4-14-27(34)29-16-7-11-21-37(29)45(43)42(31)41/h1-25H. The highest BCUT2D eigenvalue weighted by atomic mass is 16.3. The molecule has 2 aliphatic rings. The van der Waals surface area contributed by atoms with Crippen molar-refractivity contribution in [2.75, 3.05) is 4.81 Å². The maximum atomic E-state index is 6.78. The number of anilines is 2. The van der Waals surface area contributed by atoms with Crippen LogP contribution in [0.1, 0.15) is 0 Å². The Hall–Kier alpha value is -6.00. The second-order valence-electron chi connectivity index (χ2n) is 12.5. The molecule has 3 nitrogen and oxygen atoms in total. The third kappa shape index (κ3) is 3.03. The van der Waals surface area contributed by atoms with E-state index in [-0.39, 0.29) is 6.85 Å². The zero-order valence-corrected chi connectivity index (χ0v) is 24.8. The van der Waals surface area contributed by atoms with Crippen molar-refractivity contribution in [2.45, 2.75) is 0 Å². The molecule has 0 spiro atoms. The Morgan fingerprint density at radius 2 is 1.13 bits per heavy atom. The minimum absolute atomic E-state index is 0.0462. The molecule has 2 aromatic heterocycles. The predicted octanol–water partition coefficient (Wildman–Crippen LogP) is 9.59. The number of furan rings is 1. The summed E-state index contributed by atoms with van der Waals surface area (Å²) in [6.07, 6.45) is 0. The number of hydrogen-bond acceptors (Lipinski definition) is 2. The lowest BCUT2D eigenvalue weighted by atomic mass is 9.43. The lowest BCUT2D eigenvalue weighted by molar-refractivity contribution is 0.669. The maximum absolute atomic E-state index is 6.78. The van der Waals surface area contributed by atoms with Crippen molar-refractivity contribution in [1.29, 1.82) is 0 Å². The fourth-order valence-electron chi connectivity index (χ4n) is 8.34. The summed E-state index contributed by atoms with van der Waals surface area (Å²) in [7, 11) is 0. The van der Waals surface area contributed by atoms with Gasteiger partial charge in [0.05, 0.1) is 16.4 Å². The zero-order valence-electron chi connectivity index (χ0n) is 24.8. The average Bonchev–Trinajstić information content (AvgIpc) is 3.65. The molecule has 4 heteroatoms. The largest absolute Gasteiger partial charge is 0.456 e. The van der Waals surface area contributed by atoms with Crippen LogP contribution in [0.3, 0.4) is 0 Å². The van der Waals surface area contributed by atoms with Gasteiger partial charge in [0.15, 0.2) is 0 Å². The zero-order chi connectivity index (χ0) is 29.9. The SMILES string of the molecule is c1ccc(-n2c3ccccc3c3cc4oc5ccc6c(c5c4cc32)N2B(c3ccccc3-c3ccccc32)c2ccccc2-6)cc1. The Kier molecular flexibility index (Phi) is 4.66. The number of hydrogen-bond donors (Lipinski definition) is 0. The maximum Gasteiger partial charge on any atom is 0.329 e. The Bertz CT molecular complexity index is 2720. The molecular formula is C42H25BN2O. The number of aromatic nitrogens is 1. The highest BCUT2D eigenvalue weighted by molar-refractivity contribution is 6.92. The molecule has 0 aliphatic carbocycles. The van der Waals surface area contributed by atoms with Crippen LogP contribution in [0.4, 0.5) is 11.4 Å². The van der Waals surface area contributed by atoms with E-state index in [2.05, 4.69) is 161 Å². The molecule has 46 heavy (non-hydrogen) atoms. The molecule has 0 N–H and O–H groups in total. The van der Waals surface area contributed by atoms with Crippen LogP contribution < -0.4 is 15.7 Å². The monoisotopic (exact) mass is 584 g/mol. The minimum atomic E-state index is 0.0462. The van der Waals surface area contributed by atoms with Crippen molar-refractivity contribution < 1.29 is 4.42 Å². The Morgan fingerprint density at radius 3 is 1.96 bits per heavy atom. The minimum Gasteiger partial charge on any atom is -0.456 e. The summed E-state index contributed by atoms with van der Waals surface area (Å²) < 4.78 is 9.17. The molecule has 212 valence electrons. The van der Waals surface area contributed by atoms with Gasteiger partial charge in [-0.1, -0.05) is 103 Å². The van der Waals surface area contributed by atoms with Crippen LogP contribution in [0.15, 0.2) is 156 Å². The van der Waals surface area contributed by atoms with Gasteiger partial charge >= 0.3 is 6.85 Å². The van der Waals surface area contributed by atoms with Gasteiger partial charge < -0.3 is 13.8 Å². The summed E-state index contributed by atoms with van der Waals surface area (Å²) >= 11 is 0. The molecule has 0 saturated carbocycles. The molecule has 2 aliphatic heterocycles. The van der Waals surface area contributed by atoms with Crippen LogP contribution in [-0.2, 0) is 0 Å². The van der Waals surface area contributed by atoms with Crippen molar-refractivity contribution in [1.82, 2.24) is 4.57 Å². The van der Waals surface area contributed by atoms with Crippen molar-refractivity contribution >= 4 is 72.9 Å². The van der Waals surface area contributed by atoms with E-state index in [0.717, 1.165) is 27.6 Å². The van der Waals surface area contributed by atoms with E-state index in [0.29, 0.717) is 0 Å². The van der Waals surface area contributed by atoms with Gasteiger partial charge in [-0.2, -0.15) is 0 Å². The first-order valence-electron chi connectivity index (χ1n) is 15.9. The first-order valence-corrected chi connectivity index (χ1v) is 15.9. The van der Waals surface area contributed by atoms with Gasteiger partial charge in [0.25, 0.3) is 0 Å². The van der Waals surface area contributed by atoms with E-state index in [1.165, 1.54) is 66.4 Å². The third-order valence-corrected chi connectivity index (χ3v) is 10.2. The molecule has 0 fully saturated rings. The van der Waals surface area contributed by atoms with Gasteiger partial charge in [-0.05, 0) is 70.6 Å². The van der Waals surface area contributed by atoms with E-state index < -0.39 is 0 Å². The molecule has 4 heterocycles.